The molecule has 2 aromatic carbocycles. The first-order valence-electron chi connectivity index (χ1n) is 10.7. The minimum absolute atomic E-state index is 0.207. The second-order valence-electron chi connectivity index (χ2n) is 7.36. The number of hydrogen-bond acceptors (Lipinski definition) is 4. The third-order valence-corrected chi connectivity index (χ3v) is 5.12. The fourth-order valence-electron chi connectivity index (χ4n) is 3.63. The number of ether oxygens (including phenoxy) is 1. The Morgan fingerprint density at radius 2 is 1.57 bits per heavy atom. The summed E-state index contributed by atoms with van der Waals surface area (Å²) in [5, 5.41) is 0. The predicted molar refractivity (Wildman–Crippen MR) is 119 cm³/mol. The number of hydrogen-bond donors (Lipinski definition) is 0. The van der Waals surface area contributed by atoms with Gasteiger partial charge in [-0.15, -0.1) is 0 Å². The zero-order valence-corrected chi connectivity index (χ0v) is 18.1. The zero-order chi connectivity index (χ0) is 21.5. The van der Waals surface area contributed by atoms with Crippen molar-refractivity contribution in [3.8, 4) is 5.75 Å². The van der Waals surface area contributed by atoms with E-state index in [2.05, 4.69) is 6.92 Å². The van der Waals surface area contributed by atoms with Crippen molar-refractivity contribution in [3.05, 3.63) is 71.4 Å². The van der Waals surface area contributed by atoms with Gasteiger partial charge in [0.2, 0.25) is 0 Å². The van der Waals surface area contributed by atoms with Crippen molar-refractivity contribution in [2.75, 3.05) is 19.7 Å². The molecule has 0 saturated heterocycles. The van der Waals surface area contributed by atoms with Crippen molar-refractivity contribution in [1.29, 1.82) is 0 Å². The number of imide groups is 1. The molecule has 0 aromatic heterocycles. The Hall–Kier alpha value is -3.08. The maximum absolute atomic E-state index is 13.3. The molecule has 1 heterocycles. The topological polar surface area (TPSA) is 49.9 Å². The number of rotatable bonds is 10. The van der Waals surface area contributed by atoms with Gasteiger partial charge in [-0.3, -0.25) is 14.5 Å². The van der Waals surface area contributed by atoms with Crippen molar-refractivity contribution in [3.63, 3.8) is 0 Å². The highest BCUT2D eigenvalue weighted by Gasteiger charge is 2.40. The van der Waals surface area contributed by atoms with E-state index in [4.69, 9.17) is 4.74 Å². The first-order chi connectivity index (χ1) is 14.6. The van der Waals surface area contributed by atoms with Gasteiger partial charge in [-0.1, -0.05) is 56.3 Å². The molecule has 0 atom stereocenters. The summed E-state index contributed by atoms with van der Waals surface area (Å²) in [5.41, 5.74) is 2.82. The van der Waals surface area contributed by atoms with E-state index in [0.29, 0.717) is 37.5 Å². The van der Waals surface area contributed by atoms with Gasteiger partial charge >= 0.3 is 0 Å². The third-order valence-electron chi connectivity index (χ3n) is 5.12. The first-order valence-corrected chi connectivity index (χ1v) is 10.7. The van der Waals surface area contributed by atoms with Gasteiger partial charge in [0.05, 0.1) is 12.2 Å². The molecule has 3 rings (SSSR count). The summed E-state index contributed by atoms with van der Waals surface area (Å²) in [7, 11) is 0. The van der Waals surface area contributed by atoms with Crippen molar-refractivity contribution >= 4 is 17.4 Å². The standard InChI is InChI=1S/C25H30N2O3/c1-4-16-27-24(28)22(20-12-14-21(15-13-20)30-17-5-2)23(25(27)29)26(6-3)18-19-10-8-7-9-11-19/h7-15H,4-6,16-18H2,1-3H3. The first kappa shape index (κ1) is 21.6. The highest BCUT2D eigenvalue weighted by atomic mass is 16.5. The van der Waals surface area contributed by atoms with Gasteiger partial charge in [0.25, 0.3) is 11.8 Å². The molecule has 5 nitrogen and oxygen atoms in total. The monoisotopic (exact) mass is 406 g/mol. The summed E-state index contributed by atoms with van der Waals surface area (Å²) in [6.45, 7) is 8.32. The average molecular weight is 407 g/mol. The number of amides is 2. The lowest BCUT2D eigenvalue weighted by Gasteiger charge is -2.25. The number of carbonyl (C=O) groups excluding carboxylic acids is 2. The quantitative estimate of drug-likeness (QED) is 0.546. The average Bonchev–Trinajstić information content (AvgIpc) is 3.02. The molecular weight excluding hydrogens is 376 g/mol. The number of carbonyl (C=O) groups is 2. The van der Waals surface area contributed by atoms with Crippen LogP contribution in [0.1, 0.15) is 44.7 Å². The Labute approximate surface area is 178 Å². The molecule has 2 aromatic rings. The van der Waals surface area contributed by atoms with Gasteiger partial charge in [-0.2, -0.15) is 0 Å². The molecule has 30 heavy (non-hydrogen) atoms. The lowest BCUT2D eigenvalue weighted by Crippen LogP contribution is -2.35. The molecule has 0 unspecified atom stereocenters. The molecule has 5 heteroatoms. The van der Waals surface area contributed by atoms with E-state index in [0.717, 1.165) is 29.7 Å². The second kappa shape index (κ2) is 10.1. The van der Waals surface area contributed by atoms with E-state index in [-0.39, 0.29) is 11.8 Å². The fourth-order valence-corrected chi connectivity index (χ4v) is 3.63. The van der Waals surface area contributed by atoms with E-state index in [9.17, 15) is 9.59 Å². The van der Waals surface area contributed by atoms with E-state index >= 15 is 0 Å². The molecule has 0 N–H and O–H groups in total. The van der Waals surface area contributed by atoms with Gasteiger partial charge < -0.3 is 9.64 Å². The Balaban J connectivity index is 2.01. The van der Waals surface area contributed by atoms with E-state index in [1.807, 2.05) is 73.3 Å². The summed E-state index contributed by atoms with van der Waals surface area (Å²) in [5.74, 6) is 0.341. The number of likely N-dealkylation sites (N-methyl/N-ethyl adjacent to an activating group) is 1. The van der Waals surface area contributed by atoms with Crippen LogP contribution < -0.4 is 4.74 Å². The molecule has 0 spiro atoms. The second-order valence-corrected chi connectivity index (χ2v) is 7.36. The van der Waals surface area contributed by atoms with Gasteiger partial charge in [0.15, 0.2) is 0 Å². The summed E-state index contributed by atoms with van der Waals surface area (Å²) in [4.78, 5) is 29.9. The normalized spacial score (nSPS) is 13.9. The van der Waals surface area contributed by atoms with E-state index in [1.54, 1.807) is 0 Å². The van der Waals surface area contributed by atoms with Crippen LogP contribution in [0.25, 0.3) is 5.57 Å². The van der Waals surface area contributed by atoms with Crippen molar-refractivity contribution in [2.45, 2.75) is 40.2 Å². The minimum Gasteiger partial charge on any atom is -0.494 e. The molecule has 0 bridgehead atoms. The number of nitrogens with zero attached hydrogens (tertiary/aromatic N) is 2. The lowest BCUT2D eigenvalue weighted by atomic mass is 10.0. The Kier molecular flexibility index (Phi) is 7.28. The fraction of sp³-hybridized carbons (Fsp3) is 0.360. The largest absolute Gasteiger partial charge is 0.494 e. The van der Waals surface area contributed by atoms with E-state index in [1.165, 1.54) is 4.90 Å². The smallest absolute Gasteiger partial charge is 0.277 e. The van der Waals surface area contributed by atoms with Gasteiger partial charge in [-0.05, 0) is 43.0 Å². The number of benzene rings is 2. The van der Waals surface area contributed by atoms with Crippen LogP contribution in [-0.2, 0) is 16.1 Å². The summed E-state index contributed by atoms with van der Waals surface area (Å²) in [6.07, 6.45) is 1.66. The van der Waals surface area contributed by atoms with Crippen LogP contribution in [0, 0.1) is 0 Å². The van der Waals surface area contributed by atoms with Crippen LogP contribution in [0.5, 0.6) is 5.75 Å². The third kappa shape index (κ3) is 4.56. The summed E-state index contributed by atoms with van der Waals surface area (Å²) >= 11 is 0. The lowest BCUT2D eigenvalue weighted by molar-refractivity contribution is -0.137. The van der Waals surface area contributed by atoms with Crippen molar-refractivity contribution in [1.82, 2.24) is 9.80 Å². The molecule has 0 saturated carbocycles. The summed E-state index contributed by atoms with van der Waals surface area (Å²) in [6, 6.07) is 17.5. The molecule has 2 amide bonds. The minimum atomic E-state index is -0.217. The highest BCUT2D eigenvalue weighted by molar-refractivity contribution is 6.35. The molecule has 0 fully saturated rings. The highest BCUT2D eigenvalue weighted by Crippen LogP contribution is 2.33. The van der Waals surface area contributed by atoms with Crippen LogP contribution in [0.2, 0.25) is 0 Å². The maximum atomic E-state index is 13.3. The molecule has 0 aliphatic carbocycles. The maximum Gasteiger partial charge on any atom is 0.277 e. The van der Waals surface area contributed by atoms with Gasteiger partial charge in [0.1, 0.15) is 11.4 Å². The predicted octanol–water partition coefficient (Wildman–Crippen LogP) is 4.49. The van der Waals surface area contributed by atoms with Crippen LogP contribution in [0.3, 0.4) is 0 Å². The molecule has 1 aliphatic rings. The van der Waals surface area contributed by atoms with Gasteiger partial charge in [0, 0.05) is 19.6 Å². The Bertz CT molecular complexity index is 904. The molecular formula is C25H30N2O3. The Morgan fingerprint density at radius 3 is 2.17 bits per heavy atom. The van der Waals surface area contributed by atoms with E-state index < -0.39 is 0 Å². The van der Waals surface area contributed by atoms with Crippen LogP contribution >= 0.6 is 0 Å². The van der Waals surface area contributed by atoms with Crippen LogP contribution in [0.4, 0.5) is 0 Å². The van der Waals surface area contributed by atoms with Crippen molar-refractivity contribution < 1.29 is 14.3 Å². The van der Waals surface area contributed by atoms with Gasteiger partial charge in [-0.25, -0.2) is 0 Å². The molecule has 158 valence electrons. The van der Waals surface area contributed by atoms with Crippen molar-refractivity contribution in [2.24, 2.45) is 0 Å². The van der Waals surface area contributed by atoms with Crippen LogP contribution in [-0.4, -0.2) is 41.3 Å². The SMILES string of the molecule is CCCOc1ccc(C2=C(N(CC)Cc3ccccc3)C(=O)N(CCC)C2=O)cc1. The summed E-state index contributed by atoms with van der Waals surface area (Å²) < 4.78 is 5.67. The molecule has 0 radical (unpaired) electrons. The molecule has 1 aliphatic heterocycles. The Morgan fingerprint density at radius 1 is 0.867 bits per heavy atom. The van der Waals surface area contributed by atoms with Crippen LogP contribution in [0.15, 0.2) is 60.3 Å². The zero-order valence-electron chi connectivity index (χ0n) is 18.1.